The Labute approximate surface area is 206 Å². The highest BCUT2D eigenvalue weighted by molar-refractivity contribution is 6.35. The van der Waals surface area contributed by atoms with Crippen LogP contribution < -0.4 is 10.2 Å². The molecular weight excluding hydrogens is 455 g/mol. The molecule has 1 aliphatic heterocycles. The summed E-state index contributed by atoms with van der Waals surface area (Å²) in [6.45, 7) is 7.43. The molecule has 1 aromatic heterocycles. The SMILES string of the molecule is Cc1c(C(=O)NCCCN2CCN(c3cc(Cl)ccc3Cl)CC2)cc(C2=CCCC=C2)n1C. The van der Waals surface area contributed by atoms with Crippen LogP contribution in [0.4, 0.5) is 5.69 Å². The summed E-state index contributed by atoms with van der Waals surface area (Å²) in [5, 5.41) is 4.56. The zero-order valence-corrected chi connectivity index (χ0v) is 20.9. The van der Waals surface area contributed by atoms with Gasteiger partial charge in [0.2, 0.25) is 0 Å². The van der Waals surface area contributed by atoms with Gasteiger partial charge >= 0.3 is 0 Å². The fourth-order valence-corrected chi connectivity index (χ4v) is 4.95. The lowest BCUT2D eigenvalue weighted by atomic mass is 10.0. The van der Waals surface area contributed by atoms with E-state index in [1.807, 2.05) is 38.2 Å². The third kappa shape index (κ3) is 5.65. The molecule has 1 aliphatic carbocycles. The highest BCUT2D eigenvalue weighted by Crippen LogP contribution is 2.30. The van der Waals surface area contributed by atoms with Crippen molar-refractivity contribution < 1.29 is 4.79 Å². The van der Waals surface area contributed by atoms with Gasteiger partial charge in [-0.25, -0.2) is 0 Å². The molecule has 0 saturated carbocycles. The van der Waals surface area contributed by atoms with Crippen LogP contribution in [0.15, 0.2) is 42.5 Å². The summed E-state index contributed by atoms with van der Waals surface area (Å²) in [6.07, 6.45) is 9.66. The lowest BCUT2D eigenvalue weighted by molar-refractivity contribution is 0.0950. The minimum absolute atomic E-state index is 0.00940. The number of carbonyl (C=O) groups excluding carboxylic acids is 1. The number of anilines is 1. The van der Waals surface area contributed by atoms with Crippen molar-refractivity contribution in [3.8, 4) is 0 Å². The molecule has 1 amide bonds. The number of allylic oxidation sites excluding steroid dienone is 4. The van der Waals surface area contributed by atoms with E-state index in [0.717, 1.165) is 79.6 Å². The molecule has 2 heterocycles. The van der Waals surface area contributed by atoms with E-state index in [4.69, 9.17) is 23.2 Å². The molecule has 2 aliphatic rings. The van der Waals surface area contributed by atoms with Gasteiger partial charge < -0.3 is 14.8 Å². The normalized spacial score (nSPS) is 16.7. The van der Waals surface area contributed by atoms with Crippen LogP contribution in [0.2, 0.25) is 10.0 Å². The summed E-state index contributed by atoms with van der Waals surface area (Å²) in [4.78, 5) is 17.5. The molecule has 0 radical (unpaired) electrons. The second-order valence-corrected chi connectivity index (χ2v) is 9.60. The van der Waals surface area contributed by atoms with Crippen LogP contribution in [-0.4, -0.2) is 54.6 Å². The fourth-order valence-electron chi connectivity index (χ4n) is 4.55. The van der Waals surface area contributed by atoms with Crippen molar-refractivity contribution in [1.29, 1.82) is 0 Å². The van der Waals surface area contributed by atoms with Crippen LogP contribution in [0.3, 0.4) is 0 Å². The second-order valence-electron chi connectivity index (χ2n) is 8.76. The number of hydrogen-bond donors (Lipinski definition) is 1. The number of amides is 1. The van der Waals surface area contributed by atoms with E-state index in [2.05, 4.69) is 37.9 Å². The average molecular weight is 487 g/mol. The average Bonchev–Trinajstić information content (AvgIpc) is 3.13. The number of aromatic nitrogens is 1. The zero-order chi connectivity index (χ0) is 23.4. The van der Waals surface area contributed by atoms with E-state index in [9.17, 15) is 4.79 Å². The van der Waals surface area contributed by atoms with E-state index < -0.39 is 0 Å². The molecule has 33 heavy (non-hydrogen) atoms. The van der Waals surface area contributed by atoms with Gasteiger partial charge in [0.25, 0.3) is 5.91 Å². The molecule has 4 rings (SSSR count). The number of halogens is 2. The summed E-state index contributed by atoms with van der Waals surface area (Å²) >= 11 is 12.5. The van der Waals surface area contributed by atoms with Gasteiger partial charge in [0.05, 0.1) is 16.3 Å². The van der Waals surface area contributed by atoms with E-state index in [1.165, 1.54) is 5.57 Å². The number of rotatable bonds is 7. The topological polar surface area (TPSA) is 40.5 Å². The molecule has 0 bridgehead atoms. The predicted molar refractivity (Wildman–Crippen MR) is 139 cm³/mol. The van der Waals surface area contributed by atoms with Crippen LogP contribution in [0.5, 0.6) is 0 Å². The van der Waals surface area contributed by atoms with Gasteiger partial charge in [-0.2, -0.15) is 0 Å². The Hall–Kier alpha value is -2.21. The number of carbonyl (C=O) groups is 1. The minimum Gasteiger partial charge on any atom is -0.368 e. The van der Waals surface area contributed by atoms with E-state index in [0.29, 0.717) is 11.6 Å². The number of nitrogens with zero attached hydrogens (tertiary/aromatic N) is 3. The third-order valence-electron chi connectivity index (χ3n) is 6.63. The molecule has 5 nitrogen and oxygen atoms in total. The molecule has 1 N–H and O–H groups in total. The molecule has 0 unspecified atom stereocenters. The van der Waals surface area contributed by atoms with Crippen LogP contribution in [0.25, 0.3) is 5.57 Å². The number of piperazine rings is 1. The highest BCUT2D eigenvalue weighted by atomic mass is 35.5. The van der Waals surface area contributed by atoms with Crippen molar-refractivity contribution in [3.05, 3.63) is 69.5 Å². The van der Waals surface area contributed by atoms with Crippen molar-refractivity contribution in [2.24, 2.45) is 7.05 Å². The first kappa shape index (κ1) is 23.9. The zero-order valence-electron chi connectivity index (χ0n) is 19.4. The van der Waals surface area contributed by atoms with Crippen LogP contribution in [0.1, 0.15) is 41.0 Å². The molecule has 0 spiro atoms. The van der Waals surface area contributed by atoms with Crippen molar-refractivity contribution in [3.63, 3.8) is 0 Å². The number of benzene rings is 1. The van der Waals surface area contributed by atoms with Gasteiger partial charge in [-0.3, -0.25) is 9.69 Å². The van der Waals surface area contributed by atoms with Crippen molar-refractivity contribution in [2.75, 3.05) is 44.2 Å². The van der Waals surface area contributed by atoms with Gasteiger partial charge in [-0.05, 0) is 62.6 Å². The van der Waals surface area contributed by atoms with Gasteiger partial charge in [0.15, 0.2) is 0 Å². The largest absolute Gasteiger partial charge is 0.368 e. The Morgan fingerprint density at radius 3 is 2.61 bits per heavy atom. The first-order valence-corrected chi connectivity index (χ1v) is 12.4. The maximum atomic E-state index is 12.8. The number of nitrogens with one attached hydrogen (secondary N) is 1. The minimum atomic E-state index is 0.00940. The van der Waals surface area contributed by atoms with Gasteiger partial charge in [-0.15, -0.1) is 0 Å². The van der Waals surface area contributed by atoms with Crippen molar-refractivity contribution >= 4 is 40.4 Å². The lowest BCUT2D eigenvalue weighted by Crippen LogP contribution is -2.47. The van der Waals surface area contributed by atoms with Crippen LogP contribution >= 0.6 is 23.2 Å². The first-order chi connectivity index (χ1) is 15.9. The second kappa shape index (κ2) is 10.8. The fraction of sp³-hybridized carbons (Fsp3) is 0.423. The monoisotopic (exact) mass is 486 g/mol. The van der Waals surface area contributed by atoms with E-state index >= 15 is 0 Å². The first-order valence-electron chi connectivity index (χ1n) is 11.7. The predicted octanol–water partition coefficient (Wildman–Crippen LogP) is 5.32. The summed E-state index contributed by atoms with van der Waals surface area (Å²) in [7, 11) is 2.03. The van der Waals surface area contributed by atoms with E-state index in [1.54, 1.807) is 0 Å². The molecule has 7 heteroatoms. The highest BCUT2D eigenvalue weighted by Gasteiger charge is 2.20. The standard InChI is InChI=1S/C26H32Cl2N4O/c1-19-22(18-24(30(19)2)20-7-4-3-5-8-20)26(33)29-11-6-12-31-13-15-32(16-14-31)25-17-21(27)9-10-23(25)28/h4,7-10,17-18H,3,5-6,11-16H2,1-2H3,(H,29,33). The molecule has 1 aromatic carbocycles. The Morgan fingerprint density at radius 2 is 1.88 bits per heavy atom. The van der Waals surface area contributed by atoms with E-state index in [-0.39, 0.29) is 5.91 Å². The maximum absolute atomic E-state index is 12.8. The Bertz CT molecular complexity index is 1060. The molecule has 2 aromatic rings. The Morgan fingerprint density at radius 1 is 1.09 bits per heavy atom. The maximum Gasteiger partial charge on any atom is 0.253 e. The lowest BCUT2D eigenvalue weighted by Gasteiger charge is -2.36. The van der Waals surface area contributed by atoms with Crippen molar-refractivity contribution in [1.82, 2.24) is 14.8 Å². The molecule has 1 fully saturated rings. The quantitative estimate of drug-likeness (QED) is 0.538. The van der Waals surface area contributed by atoms with Crippen molar-refractivity contribution in [2.45, 2.75) is 26.2 Å². The van der Waals surface area contributed by atoms with Gasteiger partial charge in [-0.1, -0.05) is 41.4 Å². The third-order valence-corrected chi connectivity index (χ3v) is 7.18. The number of hydrogen-bond acceptors (Lipinski definition) is 3. The summed E-state index contributed by atoms with van der Waals surface area (Å²) < 4.78 is 2.11. The summed E-state index contributed by atoms with van der Waals surface area (Å²) in [6, 6.07) is 7.63. The van der Waals surface area contributed by atoms with Gasteiger partial charge in [0, 0.05) is 56.2 Å². The molecular formula is C26H32Cl2N4O. The summed E-state index contributed by atoms with van der Waals surface area (Å²) in [5.74, 6) is 0.00940. The molecule has 1 saturated heterocycles. The molecule has 0 atom stereocenters. The summed E-state index contributed by atoms with van der Waals surface area (Å²) in [5.41, 5.74) is 5.07. The molecule has 176 valence electrons. The Balaban J connectivity index is 1.23. The van der Waals surface area contributed by atoms with Crippen LogP contribution in [-0.2, 0) is 7.05 Å². The Kier molecular flexibility index (Phi) is 7.84. The smallest absolute Gasteiger partial charge is 0.253 e. The van der Waals surface area contributed by atoms with Crippen LogP contribution in [0, 0.1) is 6.92 Å². The van der Waals surface area contributed by atoms with Gasteiger partial charge in [0.1, 0.15) is 0 Å².